The second-order valence-corrected chi connectivity index (χ2v) is 8.29. The number of hydrogen-bond acceptors (Lipinski definition) is 11. The van der Waals surface area contributed by atoms with Crippen LogP contribution < -0.4 is 19.5 Å². The van der Waals surface area contributed by atoms with Gasteiger partial charge in [-0.3, -0.25) is 4.79 Å². The summed E-state index contributed by atoms with van der Waals surface area (Å²) in [4.78, 5) is 8.84. The highest BCUT2D eigenvalue weighted by atomic mass is 35.5. The van der Waals surface area contributed by atoms with E-state index in [0.717, 1.165) is 12.5 Å². The quantitative estimate of drug-likeness (QED) is 0.0959. The largest absolute Gasteiger partial charge is 0.495 e. The topological polar surface area (TPSA) is 188 Å². The van der Waals surface area contributed by atoms with E-state index in [-0.39, 0.29) is 21.4 Å². The van der Waals surface area contributed by atoms with Crippen LogP contribution in [0.25, 0.3) is 0 Å². The molecular formula is C20H28ClN5O7S. The van der Waals surface area contributed by atoms with Crippen molar-refractivity contribution < 1.29 is 32.0 Å². The molecule has 2 aromatic rings. The van der Waals surface area contributed by atoms with Gasteiger partial charge in [-0.1, -0.05) is 11.6 Å². The standard InChI is InChI=1S/C18H22ClN3O5S.C2H4O2.H2N2/c1-13-9-15(26-8-4-7-21-22(2)20)12-16(10-13)27-28(23,24)18-11-14(19)5-6-17(18)25-3;1-2(3)4;1-2/h5-7,9-12H,4,8,20H2,1-3H3;1H3,(H,3,4);1-2H. The Hall–Kier alpha value is -3.42. The normalized spacial score (nSPS) is 10.3. The number of hydrazine groups is 1. The van der Waals surface area contributed by atoms with E-state index in [1.807, 2.05) is 0 Å². The average Bonchev–Trinajstić information content (AvgIpc) is 2.73. The Kier molecular flexibility index (Phi) is 13.9. The SMILES string of the molecule is CC(=O)O.COc1ccc(Cl)cc1S(=O)(=O)Oc1cc(C)cc(OCCC=NN(C)N)c1.N=N. The number of carbonyl (C=O) groups is 1. The molecule has 14 heteroatoms. The monoisotopic (exact) mass is 517 g/mol. The lowest BCUT2D eigenvalue weighted by Crippen LogP contribution is -2.19. The van der Waals surface area contributed by atoms with E-state index in [1.165, 1.54) is 36.5 Å². The first kappa shape index (κ1) is 30.6. The van der Waals surface area contributed by atoms with Crippen molar-refractivity contribution in [1.29, 1.82) is 11.1 Å². The summed E-state index contributed by atoms with van der Waals surface area (Å²) in [5.74, 6) is 5.26. The summed E-state index contributed by atoms with van der Waals surface area (Å²) in [5.41, 5.74) is 10.8. The van der Waals surface area contributed by atoms with E-state index in [2.05, 4.69) is 5.10 Å². The van der Waals surface area contributed by atoms with Crippen molar-refractivity contribution in [2.75, 3.05) is 20.8 Å². The van der Waals surface area contributed by atoms with Crippen molar-refractivity contribution in [3.8, 4) is 17.2 Å². The fourth-order valence-corrected chi connectivity index (χ4v) is 3.62. The summed E-state index contributed by atoms with van der Waals surface area (Å²) in [6.07, 6.45) is 2.15. The number of carboxylic acid groups (broad SMARTS) is 1. The highest BCUT2D eigenvalue weighted by molar-refractivity contribution is 7.87. The summed E-state index contributed by atoms with van der Waals surface area (Å²) in [5, 5.41) is 12.7. The molecule has 0 bridgehead atoms. The van der Waals surface area contributed by atoms with Crippen molar-refractivity contribution in [1.82, 2.24) is 5.12 Å². The third-order valence-corrected chi connectivity index (χ3v) is 4.91. The van der Waals surface area contributed by atoms with Crippen LogP contribution >= 0.6 is 11.6 Å². The molecule has 0 radical (unpaired) electrons. The Bertz CT molecular complexity index is 1060. The van der Waals surface area contributed by atoms with Crippen LogP contribution in [-0.4, -0.2) is 51.6 Å². The maximum absolute atomic E-state index is 12.7. The molecule has 0 aliphatic rings. The smallest absolute Gasteiger partial charge is 0.342 e. The van der Waals surface area contributed by atoms with Gasteiger partial charge >= 0.3 is 10.1 Å². The number of rotatable bonds is 9. The second kappa shape index (κ2) is 15.4. The molecule has 0 amide bonds. The van der Waals surface area contributed by atoms with E-state index >= 15 is 0 Å². The van der Waals surface area contributed by atoms with Crippen molar-refractivity contribution in [3.05, 3.63) is 47.0 Å². The van der Waals surface area contributed by atoms with E-state index in [9.17, 15) is 8.42 Å². The van der Waals surface area contributed by atoms with Crippen molar-refractivity contribution >= 4 is 33.9 Å². The molecule has 0 unspecified atom stereocenters. The van der Waals surface area contributed by atoms with Gasteiger partial charge in [0.2, 0.25) is 0 Å². The number of carboxylic acids is 1. The van der Waals surface area contributed by atoms with Crippen LogP contribution in [0.3, 0.4) is 0 Å². The Morgan fingerprint density at radius 3 is 2.38 bits per heavy atom. The zero-order chi connectivity index (χ0) is 26.3. The molecule has 188 valence electrons. The van der Waals surface area contributed by atoms with Crippen molar-refractivity contribution in [2.45, 2.75) is 25.2 Å². The number of hydrazone groups is 1. The number of aliphatic carboxylic acids is 1. The number of hydrogen-bond donors (Lipinski definition) is 4. The van der Waals surface area contributed by atoms with Crippen LogP contribution in [0.4, 0.5) is 0 Å². The van der Waals surface area contributed by atoms with E-state index in [1.54, 1.807) is 32.3 Å². The van der Waals surface area contributed by atoms with Gasteiger partial charge in [-0.25, -0.2) is 22.0 Å². The van der Waals surface area contributed by atoms with Gasteiger partial charge in [0.05, 0.1) is 13.7 Å². The third-order valence-electron chi connectivity index (χ3n) is 3.40. The lowest BCUT2D eigenvalue weighted by Gasteiger charge is -2.13. The summed E-state index contributed by atoms with van der Waals surface area (Å²) in [7, 11) is -1.18. The summed E-state index contributed by atoms with van der Waals surface area (Å²) in [6, 6.07) is 9.12. The molecular weight excluding hydrogens is 490 g/mol. The van der Waals surface area contributed by atoms with E-state index in [0.29, 0.717) is 18.8 Å². The molecule has 0 spiro atoms. The molecule has 0 fully saturated rings. The van der Waals surface area contributed by atoms with Gasteiger partial charge < -0.3 is 18.8 Å². The van der Waals surface area contributed by atoms with Crippen LogP contribution in [0.15, 0.2) is 46.4 Å². The number of nitrogens with zero attached hydrogens (tertiary/aromatic N) is 2. The van der Waals surface area contributed by atoms with E-state index < -0.39 is 16.1 Å². The molecule has 0 aliphatic carbocycles. The predicted molar refractivity (Wildman–Crippen MR) is 126 cm³/mol. The Balaban J connectivity index is 0.00000164. The Morgan fingerprint density at radius 2 is 1.82 bits per heavy atom. The fourth-order valence-electron chi connectivity index (χ4n) is 2.28. The van der Waals surface area contributed by atoms with Crippen LogP contribution in [-0.2, 0) is 14.9 Å². The number of nitrogens with two attached hydrogens (primary N) is 1. The first-order chi connectivity index (χ1) is 15.9. The first-order valence-electron chi connectivity index (χ1n) is 9.42. The number of halogens is 1. The average molecular weight is 518 g/mol. The van der Waals surface area contributed by atoms with Gasteiger partial charge in [0.15, 0.2) is 0 Å². The maximum Gasteiger partial charge on any atom is 0.342 e. The highest BCUT2D eigenvalue weighted by Gasteiger charge is 2.23. The van der Waals surface area contributed by atoms with Gasteiger partial charge in [-0.15, -0.1) is 0 Å². The minimum absolute atomic E-state index is 0.118. The Morgan fingerprint density at radius 1 is 1.24 bits per heavy atom. The number of benzene rings is 2. The van der Waals surface area contributed by atoms with E-state index in [4.69, 9.17) is 52.1 Å². The molecule has 0 saturated carbocycles. The minimum Gasteiger partial charge on any atom is -0.495 e. The zero-order valence-corrected chi connectivity index (χ0v) is 20.7. The summed E-state index contributed by atoms with van der Waals surface area (Å²) < 4.78 is 41.4. The molecule has 12 nitrogen and oxygen atoms in total. The number of aryl methyl sites for hydroxylation is 1. The molecule has 2 aromatic carbocycles. The van der Waals surface area contributed by atoms with Gasteiger partial charge in [0, 0.05) is 37.7 Å². The molecule has 0 atom stereocenters. The number of methoxy groups -OCH3 is 1. The summed E-state index contributed by atoms with van der Waals surface area (Å²) in [6.45, 7) is 3.23. The van der Waals surface area contributed by atoms with Gasteiger partial charge in [0.1, 0.15) is 22.1 Å². The lowest BCUT2D eigenvalue weighted by molar-refractivity contribution is -0.134. The number of nitrogens with one attached hydrogen (secondary N) is 2. The van der Waals surface area contributed by atoms with Crippen molar-refractivity contribution in [3.63, 3.8) is 0 Å². The summed E-state index contributed by atoms with van der Waals surface area (Å²) >= 11 is 5.92. The zero-order valence-electron chi connectivity index (χ0n) is 19.1. The molecule has 34 heavy (non-hydrogen) atoms. The van der Waals surface area contributed by atoms with Crippen molar-refractivity contribution in [2.24, 2.45) is 10.9 Å². The predicted octanol–water partition coefficient (Wildman–Crippen LogP) is 3.67. The minimum atomic E-state index is -4.16. The Labute approximate surface area is 203 Å². The van der Waals surface area contributed by atoms with Crippen LogP contribution in [0.5, 0.6) is 17.2 Å². The molecule has 5 N–H and O–H groups in total. The van der Waals surface area contributed by atoms with Crippen LogP contribution in [0.1, 0.15) is 18.9 Å². The van der Waals surface area contributed by atoms with Gasteiger partial charge in [-0.05, 0) is 42.8 Å². The maximum atomic E-state index is 12.7. The second-order valence-electron chi connectivity index (χ2n) is 6.34. The molecule has 0 aliphatic heterocycles. The van der Waals surface area contributed by atoms with Gasteiger partial charge in [0.25, 0.3) is 5.97 Å². The number of ether oxygens (including phenoxy) is 2. The fraction of sp³-hybridized carbons (Fsp3) is 0.300. The third kappa shape index (κ3) is 12.0. The lowest BCUT2D eigenvalue weighted by atomic mass is 10.2. The highest BCUT2D eigenvalue weighted by Crippen LogP contribution is 2.31. The molecule has 0 heterocycles. The molecule has 2 rings (SSSR count). The van der Waals surface area contributed by atoms with Crippen LogP contribution in [0, 0.1) is 18.0 Å². The van der Waals surface area contributed by atoms with Crippen LogP contribution in [0.2, 0.25) is 5.02 Å². The molecule has 0 aromatic heterocycles. The molecule has 0 saturated heterocycles. The first-order valence-corrected chi connectivity index (χ1v) is 11.2. The van der Waals surface area contributed by atoms with Gasteiger partial charge in [-0.2, -0.15) is 13.5 Å².